The first-order valence-corrected chi connectivity index (χ1v) is 5.89. The molecule has 0 atom stereocenters. The van der Waals surface area contributed by atoms with Crippen LogP contribution in [0.25, 0.3) is 0 Å². The number of aromatic carboxylic acids is 1. The Morgan fingerprint density at radius 3 is 2.00 bits per heavy atom. The molecule has 2 aromatic carbocycles. The second-order valence-corrected chi connectivity index (χ2v) is 4.33. The molecule has 0 bridgehead atoms. The molecule has 98 valence electrons. The van der Waals surface area contributed by atoms with Crippen molar-refractivity contribution >= 4 is 23.5 Å². The average Bonchev–Trinajstić information content (AvgIpc) is 2.72. The number of fused-ring (bicyclic) bond motifs is 1. The van der Waals surface area contributed by atoms with Crippen LogP contribution in [0.1, 0.15) is 31.1 Å². The number of carbonyl (C=O) groups excluding carboxylic acids is 3. The summed E-state index contributed by atoms with van der Waals surface area (Å²) in [4.78, 5) is 36.3. The summed E-state index contributed by atoms with van der Waals surface area (Å²) in [5, 5.41) is 10.8. The van der Waals surface area contributed by atoms with E-state index in [1.807, 2.05) is 0 Å². The maximum atomic E-state index is 12.2. The van der Waals surface area contributed by atoms with E-state index < -0.39 is 17.8 Å². The van der Waals surface area contributed by atoms with Crippen LogP contribution in [0, 0.1) is 0 Å². The number of carboxylic acid groups (broad SMARTS) is 1. The van der Waals surface area contributed by atoms with Crippen molar-refractivity contribution in [3.8, 4) is 0 Å². The minimum atomic E-state index is -1.36. The van der Waals surface area contributed by atoms with E-state index >= 15 is 0 Å². The number of carbonyl (C=O) groups is 3. The third-order valence-electron chi connectivity index (χ3n) is 3.13. The molecule has 0 saturated carbocycles. The Labute approximate surface area is 142 Å². The first kappa shape index (κ1) is 15.4. The molecule has 0 unspecified atom stereocenters. The van der Waals surface area contributed by atoms with Gasteiger partial charge in [-0.3, -0.25) is 9.59 Å². The number of anilines is 1. The number of hydrogen-bond donors (Lipinski definition) is 0. The molecule has 0 aromatic heterocycles. The van der Waals surface area contributed by atoms with Crippen molar-refractivity contribution in [2.24, 2.45) is 0 Å². The fourth-order valence-electron chi connectivity index (χ4n) is 2.20. The zero-order valence-electron chi connectivity index (χ0n) is 11.2. The number of benzene rings is 2. The number of nitrogens with zero attached hydrogens (tertiary/aromatic N) is 1. The summed E-state index contributed by atoms with van der Waals surface area (Å²) in [7, 11) is 0. The van der Waals surface area contributed by atoms with Gasteiger partial charge in [0.15, 0.2) is 0 Å². The Morgan fingerprint density at radius 2 is 1.48 bits per heavy atom. The standard InChI is InChI=1S/C15H9NO4.Na/c17-13-11-6-1-2-7-12(11)14(18)16(13)10-5-3-4-9(8-10)15(19)20;/h1-8H,(H,19,20);/q;+1/p-1. The molecule has 0 saturated heterocycles. The van der Waals surface area contributed by atoms with Crippen molar-refractivity contribution in [2.75, 3.05) is 4.90 Å². The van der Waals surface area contributed by atoms with E-state index in [2.05, 4.69) is 0 Å². The molecule has 0 N–H and O–H groups in total. The van der Waals surface area contributed by atoms with Crippen LogP contribution in [-0.2, 0) is 0 Å². The Hall–Kier alpha value is -1.95. The molecule has 5 nitrogen and oxygen atoms in total. The van der Waals surface area contributed by atoms with E-state index in [-0.39, 0.29) is 40.8 Å². The largest absolute Gasteiger partial charge is 1.00 e. The average molecular weight is 289 g/mol. The summed E-state index contributed by atoms with van der Waals surface area (Å²) in [5.41, 5.74) is 0.768. The molecule has 2 aromatic rings. The van der Waals surface area contributed by atoms with Gasteiger partial charge in [-0.25, -0.2) is 4.90 Å². The molecule has 1 aliphatic heterocycles. The summed E-state index contributed by atoms with van der Waals surface area (Å²) in [6.45, 7) is 0. The van der Waals surface area contributed by atoms with Gasteiger partial charge in [0.2, 0.25) is 0 Å². The van der Waals surface area contributed by atoms with Crippen molar-refractivity contribution in [2.45, 2.75) is 0 Å². The van der Waals surface area contributed by atoms with Gasteiger partial charge in [-0.05, 0) is 29.8 Å². The zero-order chi connectivity index (χ0) is 14.3. The number of amides is 2. The Morgan fingerprint density at radius 1 is 0.905 bits per heavy atom. The summed E-state index contributed by atoms with van der Waals surface area (Å²) in [6, 6.07) is 12.0. The summed E-state index contributed by atoms with van der Waals surface area (Å²) in [6.07, 6.45) is 0. The molecule has 21 heavy (non-hydrogen) atoms. The molecule has 0 fully saturated rings. The monoisotopic (exact) mass is 289 g/mol. The van der Waals surface area contributed by atoms with Crippen molar-refractivity contribution in [3.63, 3.8) is 0 Å². The van der Waals surface area contributed by atoms with Crippen LogP contribution in [0.3, 0.4) is 0 Å². The topological polar surface area (TPSA) is 77.5 Å². The second kappa shape index (κ2) is 5.81. The van der Waals surface area contributed by atoms with Crippen LogP contribution >= 0.6 is 0 Å². The third kappa shape index (κ3) is 2.51. The predicted molar refractivity (Wildman–Crippen MR) is 68.4 cm³/mol. The van der Waals surface area contributed by atoms with Gasteiger partial charge < -0.3 is 9.90 Å². The van der Waals surface area contributed by atoms with Gasteiger partial charge in [0.05, 0.1) is 22.8 Å². The molecule has 6 heteroatoms. The van der Waals surface area contributed by atoms with Gasteiger partial charge in [-0.15, -0.1) is 0 Å². The maximum Gasteiger partial charge on any atom is 1.00 e. The predicted octanol–water partition coefficient (Wildman–Crippen LogP) is -2.15. The Kier molecular flexibility index (Phi) is 4.27. The Bertz CT molecular complexity index is 722. The second-order valence-electron chi connectivity index (χ2n) is 4.33. The smallest absolute Gasteiger partial charge is 0.545 e. The molecule has 3 rings (SSSR count). The minimum absolute atomic E-state index is 0. The van der Waals surface area contributed by atoms with Crippen molar-refractivity contribution in [1.82, 2.24) is 0 Å². The molecule has 1 aliphatic rings. The summed E-state index contributed by atoms with van der Waals surface area (Å²) < 4.78 is 0. The van der Waals surface area contributed by atoms with Crippen molar-refractivity contribution in [3.05, 3.63) is 65.2 Å². The number of hydrogen-bond acceptors (Lipinski definition) is 4. The molecule has 2 amide bonds. The van der Waals surface area contributed by atoms with E-state index in [1.165, 1.54) is 24.3 Å². The molecular formula is C15H8NNaO4. The van der Waals surface area contributed by atoms with Crippen molar-refractivity contribution in [1.29, 1.82) is 0 Å². The third-order valence-corrected chi connectivity index (χ3v) is 3.13. The van der Waals surface area contributed by atoms with E-state index in [0.29, 0.717) is 11.1 Å². The van der Waals surface area contributed by atoms with Gasteiger partial charge in [0.1, 0.15) is 0 Å². The molecule has 0 spiro atoms. The van der Waals surface area contributed by atoms with Crippen LogP contribution in [0.4, 0.5) is 5.69 Å². The zero-order valence-corrected chi connectivity index (χ0v) is 13.2. The summed E-state index contributed by atoms with van der Waals surface area (Å²) >= 11 is 0. The van der Waals surface area contributed by atoms with Crippen LogP contribution in [0.15, 0.2) is 48.5 Å². The van der Waals surface area contributed by atoms with Gasteiger partial charge >= 0.3 is 29.6 Å². The maximum absolute atomic E-state index is 12.2. The molecule has 1 heterocycles. The Balaban J connectivity index is 0.00000161. The van der Waals surface area contributed by atoms with Crippen LogP contribution in [-0.4, -0.2) is 17.8 Å². The minimum Gasteiger partial charge on any atom is -0.545 e. The van der Waals surface area contributed by atoms with Gasteiger partial charge in [0.25, 0.3) is 11.8 Å². The van der Waals surface area contributed by atoms with Crippen molar-refractivity contribution < 1.29 is 49.0 Å². The van der Waals surface area contributed by atoms with Gasteiger partial charge in [-0.2, -0.15) is 0 Å². The van der Waals surface area contributed by atoms with Gasteiger partial charge in [-0.1, -0.05) is 24.3 Å². The van der Waals surface area contributed by atoms with Crippen LogP contribution in [0.2, 0.25) is 0 Å². The van der Waals surface area contributed by atoms with Crippen LogP contribution < -0.4 is 39.6 Å². The van der Waals surface area contributed by atoms with E-state index in [1.54, 1.807) is 24.3 Å². The summed E-state index contributed by atoms with van der Waals surface area (Å²) in [5.74, 6) is -2.27. The van der Waals surface area contributed by atoms with E-state index in [4.69, 9.17) is 0 Å². The fourth-order valence-corrected chi connectivity index (χ4v) is 2.20. The quantitative estimate of drug-likeness (QED) is 0.467. The first-order chi connectivity index (χ1) is 9.59. The first-order valence-electron chi connectivity index (χ1n) is 5.89. The molecule has 0 radical (unpaired) electrons. The fraction of sp³-hybridized carbons (Fsp3) is 0. The van der Waals surface area contributed by atoms with Gasteiger partial charge in [0, 0.05) is 0 Å². The van der Waals surface area contributed by atoms with E-state index in [9.17, 15) is 19.5 Å². The number of rotatable bonds is 2. The normalized spacial score (nSPS) is 12.9. The van der Waals surface area contributed by atoms with E-state index in [0.717, 1.165) is 4.90 Å². The number of imide groups is 1. The molecule has 0 aliphatic carbocycles. The van der Waals surface area contributed by atoms with Crippen LogP contribution in [0.5, 0.6) is 0 Å². The molecular weight excluding hydrogens is 281 g/mol. The number of carboxylic acids is 1. The SMILES string of the molecule is O=C([O-])c1cccc(N2C(=O)c3ccccc3C2=O)c1.[Na+].